The lowest BCUT2D eigenvalue weighted by Crippen LogP contribution is -2.28. The molecule has 20 heavy (non-hydrogen) atoms. The van der Waals surface area contributed by atoms with Gasteiger partial charge in [0.25, 0.3) is 0 Å². The third-order valence-corrected chi connectivity index (χ3v) is 2.94. The first-order valence-electron chi connectivity index (χ1n) is 6.57. The Morgan fingerprint density at radius 2 is 2.05 bits per heavy atom. The van der Waals surface area contributed by atoms with Crippen LogP contribution in [0.4, 0.5) is 4.39 Å². The van der Waals surface area contributed by atoms with Crippen LogP contribution in [0, 0.1) is 12.7 Å². The summed E-state index contributed by atoms with van der Waals surface area (Å²) in [6.45, 7) is 6.08. The summed E-state index contributed by atoms with van der Waals surface area (Å²) in [7, 11) is 0. The molecule has 2 rings (SSSR count). The van der Waals surface area contributed by atoms with E-state index in [9.17, 15) is 9.18 Å². The van der Waals surface area contributed by atoms with E-state index in [4.69, 9.17) is 0 Å². The predicted octanol–water partition coefficient (Wildman–Crippen LogP) is 2.18. The zero-order chi connectivity index (χ0) is 14.7. The Labute approximate surface area is 117 Å². The fourth-order valence-electron chi connectivity index (χ4n) is 1.87. The molecule has 0 aliphatic rings. The SMILES string of the molecule is Cc1cc(=O)c(CNC(C)C)nn1-c1ccccc1F. The van der Waals surface area contributed by atoms with Crippen molar-refractivity contribution in [2.45, 2.75) is 33.4 Å². The maximum atomic E-state index is 13.8. The van der Waals surface area contributed by atoms with Crippen LogP contribution in [0.25, 0.3) is 5.69 Å². The average Bonchev–Trinajstić information content (AvgIpc) is 2.39. The highest BCUT2D eigenvalue weighted by Gasteiger charge is 2.10. The number of hydrogen-bond acceptors (Lipinski definition) is 3. The highest BCUT2D eigenvalue weighted by atomic mass is 19.1. The van der Waals surface area contributed by atoms with E-state index in [1.807, 2.05) is 13.8 Å². The van der Waals surface area contributed by atoms with Gasteiger partial charge in [-0.3, -0.25) is 4.79 Å². The Hall–Kier alpha value is -2.01. The van der Waals surface area contributed by atoms with Gasteiger partial charge in [0.1, 0.15) is 17.2 Å². The standard InChI is InChI=1S/C15H18FN3O/c1-10(2)17-9-13-15(20)8-11(3)19(18-13)14-7-5-4-6-12(14)16/h4-8,10,17H,9H2,1-3H3. The molecule has 1 N–H and O–H groups in total. The van der Waals surface area contributed by atoms with Crippen LogP contribution in [-0.4, -0.2) is 15.8 Å². The van der Waals surface area contributed by atoms with Crippen molar-refractivity contribution < 1.29 is 4.39 Å². The average molecular weight is 275 g/mol. The molecule has 0 unspecified atom stereocenters. The largest absolute Gasteiger partial charge is 0.309 e. The van der Waals surface area contributed by atoms with Crippen molar-refractivity contribution in [3.05, 3.63) is 57.8 Å². The molecule has 0 amide bonds. The fraction of sp³-hybridized carbons (Fsp3) is 0.333. The van der Waals surface area contributed by atoms with E-state index < -0.39 is 0 Å². The van der Waals surface area contributed by atoms with Crippen molar-refractivity contribution in [1.29, 1.82) is 0 Å². The molecule has 106 valence electrons. The van der Waals surface area contributed by atoms with Gasteiger partial charge in [-0.25, -0.2) is 9.07 Å². The van der Waals surface area contributed by atoms with Crippen LogP contribution in [0.1, 0.15) is 25.2 Å². The molecule has 0 bridgehead atoms. The Morgan fingerprint density at radius 3 is 2.70 bits per heavy atom. The van der Waals surface area contributed by atoms with Gasteiger partial charge < -0.3 is 5.32 Å². The quantitative estimate of drug-likeness (QED) is 0.930. The summed E-state index contributed by atoms with van der Waals surface area (Å²) in [6, 6.07) is 8.11. The van der Waals surface area contributed by atoms with Crippen LogP contribution in [0.2, 0.25) is 0 Å². The molecule has 2 aromatic rings. The summed E-state index contributed by atoms with van der Waals surface area (Å²) < 4.78 is 15.3. The van der Waals surface area contributed by atoms with Crippen molar-refractivity contribution in [2.75, 3.05) is 0 Å². The van der Waals surface area contributed by atoms with Crippen LogP contribution in [-0.2, 0) is 6.54 Å². The molecule has 0 saturated heterocycles. The zero-order valence-corrected chi connectivity index (χ0v) is 11.9. The molecule has 0 atom stereocenters. The number of halogens is 1. The van der Waals surface area contributed by atoms with Gasteiger partial charge in [0.05, 0.1) is 0 Å². The number of hydrogen-bond donors (Lipinski definition) is 1. The Kier molecular flexibility index (Phi) is 4.29. The normalized spacial score (nSPS) is 11.1. The van der Waals surface area contributed by atoms with Gasteiger partial charge in [-0.2, -0.15) is 5.10 Å². The van der Waals surface area contributed by atoms with E-state index in [1.165, 1.54) is 16.8 Å². The summed E-state index contributed by atoms with van der Waals surface area (Å²) in [4.78, 5) is 11.9. The second kappa shape index (κ2) is 5.96. The van der Waals surface area contributed by atoms with Crippen LogP contribution in [0.3, 0.4) is 0 Å². The second-order valence-electron chi connectivity index (χ2n) is 5.00. The zero-order valence-electron chi connectivity index (χ0n) is 11.9. The molecule has 0 aliphatic carbocycles. The number of benzene rings is 1. The van der Waals surface area contributed by atoms with Gasteiger partial charge >= 0.3 is 0 Å². The molecular weight excluding hydrogens is 257 g/mol. The van der Waals surface area contributed by atoms with Crippen molar-refractivity contribution in [1.82, 2.24) is 15.1 Å². The molecule has 0 fully saturated rings. The number of aryl methyl sites for hydroxylation is 1. The lowest BCUT2D eigenvalue weighted by atomic mass is 10.2. The van der Waals surface area contributed by atoms with Gasteiger partial charge in [0.15, 0.2) is 0 Å². The molecule has 1 heterocycles. The van der Waals surface area contributed by atoms with E-state index >= 15 is 0 Å². The third-order valence-electron chi connectivity index (χ3n) is 2.94. The van der Waals surface area contributed by atoms with E-state index in [0.29, 0.717) is 23.6 Å². The number of rotatable bonds is 4. The summed E-state index contributed by atoms with van der Waals surface area (Å²) in [5.41, 5.74) is 1.19. The minimum absolute atomic E-state index is 0.136. The first kappa shape index (κ1) is 14.4. The van der Waals surface area contributed by atoms with Gasteiger partial charge in [-0.1, -0.05) is 26.0 Å². The summed E-state index contributed by atoms with van der Waals surface area (Å²) in [5.74, 6) is -0.366. The molecule has 1 aromatic heterocycles. The first-order chi connectivity index (χ1) is 9.49. The molecule has 0 radical (unpaired) electrons. The van der Waals surface area contributed by atoms with E-state index in [2.05, 4.69) is 10.4 Å². The van der Waals surface area contributed by atoms with Gasteiger partial charge in [-0.15, -0.1) is 0 Å². The van der Waals surface area contributed by atoms with Crippen LogP contribution in [0.15, 0.2) is 35.1 Å². The minimum Gasteiger partial charge on any atom is -0.309 e. The van der Waals surface area contributed by atoms with E-state index in [0.717, 1.165) is 0 Å². The lowest BCUT2D eigenvalue weighted by molar-refractivity contribution is 0.562. The Morgan fingerprint density at radius 1 is 1.35 bits per heavy atom. The topological polar surface area (TPSA) is 46.9 Å². The highest BCUT2D eigenvalue weighted by Crippen LogP contribution is 2.12. The van der Waals surface area contributed by atoms with Crippen LogP contribution >= 0.6 is 0 Å². The van der Waals surface area contributed by atoms with Crippen LogP contribution in [0.5, 0.6) is 0 Å². The predicted molar refractivity (Wildman–Crippen MR) is 76.5 cm³/mol. The summed E-state index contributed by atoms with van der Waals surface area (Å²) in [5, 5.41) is 7.42. The van der Waals surface area contributed by atoms with Gasteiger partial charge in [-0.05, 0) is 19.1 Å². The molecule has 0 aliphatic heterocycles. The number of nitrogens with zero attached hydrogens (tertiary/aromatic N) is 2. The Bertz CT molecular complexity index is 664. The summed E-state index contributed by atoms with van der Waals surface area (Å²) >= 11 is 0. The van der Waals surface area contributed by atoms with E-state index in [-0.39, 0.29) is 17.3 Å². The lowest BCUT2D eigenvalue weighted by Gasteiger charge is -2.13. The maximum Gasteiger partial charge on any atom is 0.204 e. The van der Waals surface area contributed by atoms with E-state index in [1.54, 1.807) is 25.1 Å². The van der Waals surface area contributed by atoms with Crippen molar-refractivity contribution >= 4 is 0 Å². The molecule has 0 saturated carbocycles. The smallest absolute Gasteiger partial charge is 0.204 e. The molecule has 5 heteroatoms. The van der Waals surface area contributed by atoms with Gasteiger partial charge in [0.2, 0.25) is 5.43 Å². The molecule has 1 aromatic carbocycles. The number of para-hydroxylation sites is 1. The monoisotopic (exact) mass is 275 g/mol. The number of nitrogens with one attached hydrogen (secondary N) is 1. The van der Waals surface area contributed by atoms with Gasteiger partial charge in [0, 0.05) is 24.3 Å². The first-order valence-corrected chi connectivity index (χ1v) is 6.57. The van der Waals surface area contributed by atoms with Crippen LogP contribution < -0.4 is 10.7 Å². The van der Waals surface area contributed by atoms with Crippen molar-refractivity contribution in [3.8, 4) is 5.69 Å². The fourth-order valence-corrected chi connectivity index (χ4v) is 1.87. The second-order valence-corrected chi connectivity index (χ2v) is 5.00. The van der Waals surface area contributed by atoms with Crippen molar-refractivity contribution in [3.63, 3.8) is 0 Å². The van der Waals surface area contributed by atoms with Crippen molar-refractivity contribution in [2.24, 2.45) is 0 Å². The highest BCUT2D eigenvalue weighted by molar-refractivity contribution is 5.34. The number of aromatic nitrogens is 2. The third kappa shape index (κ3) is 3.11. The Balaban J connectivity index is 2.46. The molecule has 0 spiro atoms. The molecular formula is C15H18FN3O. The maximum absolute atomic E-state index is 13.8. The summed E-state index contributed by atoms with van der Waals surface area (Å²) in [6.07, 6.45) is 0. The minimum atomic E-state index is -0.366. The molecule has 4 nitrogen and oxygen atoms in total.